The van der Waals surface area contributed by atoms with Crippen molar-refractivity contribution in [1.82, 2.24) is 15.4 Å². The summed E-state index contributed by atoms with van der Waals surface area (Å²) in [6, 6.07) is 13.5. The summed E-state index contributed by atoms with van der Waals surface area (Å²) in [5, 5.41) is 9.69. The molecular formula is C22H24ClN3O2S. The molecule has 0 saturated carbocycles. The first-order valence-corrected chi connectivity index (χ1v) is 11.3. The SMILES string of the molecule is O=C(NC[C@@H](c1ccccc1Cl)N1CCCCCC1)c1cc(-c2cccs2)on1. The molecule has 2 aromatic heterocycles. The second-order valence-electron chi connectivity index (χ2n) is 7.25. The monoisotopic (exact) mass is 429 g/mol. The molecule has 3 aromatic rings. The second kappa shape index (κ2) is 9.57. The number of nitrogens with zero attached hydrogens (tertiary/aromatic N) is 2. The number of rotatable bonds is 6. The molecule has 0 unspecified atom stereocenters. The van der Waals surface area contributed by atoms with Gasteiger partial charge in [-0.05, 0) is 49.0 Å². The standard InChI is InChI=1S/C22H24ClN3O2S/c23-17-9-4-3-8-16(17)19(26-11-5-1-2-6-12-26)15-24-22(27)18-14-20(28-25-18)21-10-7-13-29-21/h3-4,7-10,13-14,19H,1-2,5-6,11-12,15H2,(H,24,27)/t19-/m0/s1. The predicted octanol–water partition coefficient (Wildman–Crippen LogP) is 5.40. The van der Waals surface area contributed by atoms with Crippen molar-refractivity contribution < 1.29 is 9.32 Å². The fraction of sp³-hybridized carbons (Fsp3) is 0.364. The maximum atomic E-state index is 12.7. The highest BCUT2D eigenvalue weighted by Crippen LogP contribution is 2.29. The fourth-order valence-corrected chi connectivity index (χ4v) is 4.72. The molecule has 0 radical (unpaired) electrons. The molecule has 1 aliphatic heterocycles. The Morgan fingerprint density at radius 2 is 1.97 bits per heavy atom. The Kier molecular flexibility index (Phi) is 6.64. The Morgan fingerprint density at radius 3 is 2.69 bits per heavy atom. The van der Waals surface area contributed by atoms with Gasteiger partial charge < -0.3 is 9.84 Å². The maximum absolute atomic E-state index is 12.7. The first-order valence-electron chi connectivity index (χ1n) is 9.99. The highest BCUT2D eigenvalue weighted by Gasteiger charge is 2.25. The zero-order valence-electron chi connectivity index (χ0n) is 16.1. The molecule has 1 saturated heterocycles. The van der Waals surface area contributed by atoms with Crippen LogP contribution in [-0.2, 0) is 0 Å². The second-order valence-corrected chi connectivity index (χ2v) is 8.61. The first kappa shape index (κ1) is 20.1. The molecule has 1 N–H and O–H groups in total. The van der Waals surface area contributed by atoms with Gasteiger partial charge in [0.15, 0.2) is 11.5 Å². The summed E-state index contributed by atoms with van der Waals surface area (Å²) in [6.45, 7) is 2.50. The number of halogens is 1. The van der Waals surface area contributed by atoms with Gasteiger partial charge in [0.25, 0.3) is 5.91 Å². The van der Waals surface area contributed by atoms with Crippen LogP contribution in [0, 0.1) is 0 Å². The van der Waals surface area contributed by atoms with Crippen LogP contribution in [0.25, 0.3) is 10.6 Å². The topological polar surface area (TPSA) is 58.4 Å². The number of benzene rings is 1. The van der Waals surface area contributed by atoms with E-state index in [-0.39, 0.29) is 11.9 Å². The molecule has 7 heteroatoms. The Balaban J connectivity index is 1.49. The van der Waals surface area contributed by atoms with Crippen LogP contribution in [0.1, 0.15) is 47.8 Å². The van der Waals surface area contributed by atoms with Gasteiger partial charge in [-0.1, -0.05) is 53.9 Å². The predicted molar refractivity (Wildman–Crippen MR) is 116 cm³/mol. The lowest BCUT2D eigenvalue weighted by molar-refractivity contribution is 0.0924. The molecule has 5 nitrogen and oxygen atoms in total. The molecule has 0 spiro atoms. The van der Waals surface area contributed by atoms with E-state index in [1.807, 2.05) is 35.7 Å². The third-order valence-corrected chi connectivity index (χ3v) is 6.54. The van der Waals surface area contributed by atoms with Crippen LogP contribution >= 0.6 is 22.9 Å². The summed E-state index contributed by atoms with van der Waals surface area (Å²) in [7, 11) is 0. The van der Waals surface area contributed by atoms with Gasteiger partial charge in [-0.15, -0.1) is 11.3 Å². The Bertz CT molecular complexity index is 933. The van der Waals surface area contributed by atoms with Crippen LogP contribution < -0.4 is 5.32 Å². The number of aromatic nitrogens is 1. The van der Waals surface area contributed by atoms with Crippen LogP contribution in [0.15, 0.2) is 52.4 Å². The molecule has 3 heterocycles. The summed E-state index contributed by atoms with van der Waals surface area (Å²) in [4.78, 5) is 16.1. The highest BCUT2D eigenvalue weighted by atomic mass is 35.5. The summed E-state index contributed by atoms with van der Waals surface area (Å²) in [5.74, 6) is 0.378. The van der Waals surface area contributed by atoms with Crippen molar-refractivity contribution in [3.8, 4) is 10.6 Å². The lowest BCUT2D eigenvalue weighted by Crippen LogP contribution is -2.39. The van der Waals surface area contributed by atoms with Gasteiger partial charge in [0.2, 0.25) is 0 Å². The smallest absolute Gasteiger partial charge is 0.273 e. The molecule has 0 bridgehead atoms. The van der Waals surface area contributed by atoms with E-state index in [0.717, 1.165) is 28.6 Å². The van der Waals surface area contributed by atoms with E-state index in [1.54, 1.807) is 17.4 Å². The van der Waals surface area contributed by atoms with Crippen molar-refractivity contribution >= 4 is 28.8 Å². The Morgan fingerprint density at radius 1 is 1.17 bits per heavy atom. The quantitative estimate of drug-likeness (QED) is 0.569. The zero-order chi connectivity index (χ0) is 20.1. The fourth-order valence-electron chi connectivity index (χ4n) is 3.78. The van der Waals surface area contributed by atoms with Crippen molar-refractivity contribution in [3.05, 3.63) is 64.1 Å². The molecule has 152 valence electrons. The van der Waals surface area contributed by atoms with E-state index in [1.165, 1.54) is 25.7 Å². The molecule has 4 rings (SSSR count). The van der Waals surface area contributed by atoms with Gasteiger partial charge in [-0.3, -0.25) is 9.69 Å². The third-order valence-electron chi connectivity index (χ3n) is 5.31. The van der Waals surface area contributed by atoms with Crippen LogP contribution in [0.2, 0.25) is 5.02 Å². The van der Waals surface area contributed by atoms with Crippen LogP contribution in [0.5, 0.6) is 0 Å². The normalized spacial score (nSPS) is 16.3. The minimum Gasteiger partial charge on any atom is -0.355 e. The van der Waals surface area contributed by atoms with Crippen LogP contribution in [-0.4, -0.2) is 35.6 Å². The van der Waals surface area contributed by atoms with Crippen molar-refractivity contribution in [2.24, 2.45) is 0 Å². The van der Waals surface area contributed by atoms with Crippen LogP contribution in [0.4, 0.5) is 0 Å². The number of thiophene rings is 1. The van der Waals surface area contributed by atoms with Crippen molar-refractivity contribution in [1.29, 1.82) is 0 Å². The molecule has 1 amide bonds. The number of hydrogen-bond donors (Lipinski definition) is 1. The van der Waals surface area contributed by atoms with Gasteiger partial charge in [-0.2, -0.15) is 0 Å². The number of carbonyl (C=O) groups excluding carboxylic acids is 1. The van der Waals surface area contributed by atoms with Crippen molar-refractivity contribution in [2.75, 3.05) is 19.6 Å². The van der Waals surface area contributed by atoms with E-state index in [9.17, 15) is 4.79 Å². The highest BCUT2D eigenvalue weighted by molar-refractivity contribution is 7.13. The molecule has 1 fully saturated rings. The van der Waals surface area contributed by atoms with Gasteiger partial charge in [-0.25, -0.2) is 0 Å². The third kappa shape index (κ3) is 4.89. The number of nitrogens with one attached hydrogen (secondary N) is 1. The lowest BCUT2D eigenvalue weighted by Gasteiger charge is -2.31. The van der Waals surface area contributed by atoms with E-state index >= 15 is 0 Å². The van der Waals surface area contributed by atoms with E-state index in [0.29, 0.717) is 18.0 Å². The minimum absolute atomic E-state index is 0.0365. The number of amides is 1. The van der Waals surface area contributed by atoms with Gasteiger partial charge >= 0.3 is 0 Å². The number of likely N-dealkylation sites (tertiary alicyclic amines) is 1. The van der Waals surface area contributed by atoms with E-state index in [4.69, 9.17) is 16.1 Å². The number of hydrogen-bond acceptors (Lipinski definition) is 5. The average molecular weight is 430 g/mol. The lowest BCUT2D eigenvalue weighted by atomic mass is 10.0. The van der Waals surface area contributed by atoms with E-state index < -0.39 is 0 Å². The molecular weight excluding hydrogens is 406 g/mol. The zero-order valence-corrected chi connectivity index (χ0v) is 17.7. The van der Waals surface area contributed by atoms with Crippen molar-refractivity contribution in [2.45, 2.75) is 31.7 Å². The average Bonchev–Trinajstić information content (AvgIpc) is 3.37. The number of carbonyl (C=O) groups is 1. The minimum atomic E-state index is -0.233. The van der Waals surface area contributed by atoms with Gasteiger partial charge in [0, 0.05) is 17.6 Å². The largest absolute Gasteiger partial charge is 0.355 e. The summed E-state index contributed by atoms with van der Waals surface area (Å²) < 4.78 is 5.34. The molecule has 1 atom stereocenters. The molecule has 1 aliphatic rings. The van der Waals surface area contributed by atoms with Gasteiger partial charge in [0.05, 0.1) is 10.9 Å². The van der Waals surface area contributed by atoms with Crippen molar-refractivity contribution in [3.63, 3.8) is 0 Å². The summed E-state index contributed by atoms with van der Waals surface area (Å²) in [5.41, 5.74) is 1.35. The molecule has 0 aliphatic carbocycles. The molecule has 29 heavy (non-hydrogen) atoms. The Labute approximate surface area is 179 Å². The Hall–Kier alpha value is -2.15. The summed E-state index contributed by atoms with van der Waals surface area (Å²) >= 11 is 8.06. The van der Waals surface area contributed by atoms with Crippen LogP contribution in [0.3, 0.4) is 0 Å². The first-order chi connectivity index (χ1) is 14.2. The molecule has 1 aromatic carbocycles. The van der Waals surface area contributed by atoms with E-state index in [2.05, 4.69) is 21.4 Å². The summed E-state index contributed by atoms with van der Waals surface area (Å²) in [6.07, 6.45) is 4.84. The maximum Gasteiger partial charge on any atom is 0.273 e. The van der Waals surface area contributed by atoms with Gasteiger partial charge in [0.1, 0.15) is 0 Å².